The topological polar surface area (TPSA) is 72.5 Å². The minimum atomic E-state index is -3.81. The molecule has 1 N–H and O–H groups in total. The van der Waals surface area contributed by atoms with Crippen LogP contribution in [0.3, 0.4) is 0 Å². The monoisotopic (exact) mass is 381 g/mol. The van der Waals surface area contributed by atoms with Gasteiger partial charge in [0.05, 0.1) is 21.4 Å². The van der Waals surface area contributed by atoms with Gasteiger partial charge < -0.3 is 4.74 Å². The van der Waals surface area contributed by atoms with Crippen molar-refractivity contribution in [2.75, 3.05) is 6.61 Å². The first-order valence-electron chi connectivity index (χ1n) is 7.28. The average molecular weight is 382 g/mol. The fourth-order valence-corrected chi connectivity index (χ4v) is 3.57. The third-order valence-electron chi connectivity index (χ3n) is 3.76. The molecule has 1 saturated heterocycles. The summed E-state index contributed by atoms with van der Waals surface area (Å²) in [6, 6.07) is 11.8. The SMILES string of the molecule is O=C1OCC(c2ccc(F)c(Cl)c2)C1=CNS(=O)(=O)c1ccccc1. The summed E-state index contributed by atoms with van der Waals surface area (Å²) < 4.78 is 45.1. The van der Waals surface area contributed by atoms with Crippen molar-refractivity contribution in [2.24, 2.45) is 0 Å². The van der Waals surface area contributed by atoms with Gasteiger partial charge in [0.1, 0.15) is 12.4 Å². The Bertz CT molecular complexity index is 944. The number of sulfonamides is 1. The van der Waals surface area contributed by atoms with Crippen molar-refractivity contribution in [1.29, 1.82) is 0 Å². The molecule has 1 fully saturated rings. The molecule has 8 heteroatoms. The summed E-state index contributed by atoms with van der Waals surface area (Å²) in [7, 11) is -3.81. The van der Waals surface area contributed by atoms with E-state index in [-0.39, 0.29) is 22.1 Å². The molecule has 3 rings (SSSR count). The molecular weight excluding hydrogens is 369 g/mol. The lowest BCUT2D eigenvalue weighted by atomic mass is 9.94. The van der Waals surface area contributed by atoms with Gasteiger partial charge in [0.15, 0.2) is 0 Å². The van der Waals surface area contributed by atoms with Crippen LogP contribution in [0.5, 0.6) is 0 Å². The number of carbonyl (C=O) groups is 1. The van der Waals surface area contributed by atoms with Crippen LogP contribution in [-0.4, -0.2) is 21.0 Å². The maximum atomic E-state index is 13.3. The minimum absolute atomic E-state index is 0.0275. The molecule has 0 aliphatic carbocycles. The van der Waals surface area contributed by atoms with Gasteiger partial charge in [-0.3, -0.25) is 4.72 Å². The van der Waals surface area contributed by atoms with Gasteiger partial charge in [-0.05, 0) is 29.8 Å². The van der Waals surface area contributed by atoms with E-state index in [4.69, 9.17) is 16.3 Å². The van der Waals surface area contributed by atoms with Crippen molar-refractivity contribution < 1.29 is 22.3 Å². The number of cyclic esters (lactones) is 1. The molecular formula is C17H13ClFNO4S. The second kappa shape index (κ2) is 6.85. The van der Waals surface area contributed by atoms with Gasteiger partial charge in [-0.15, -0.1) is 0 Å². The number of hydrogen-bond acceptors (Lipinski definition) is 4. The van der Waals surface area contributed by atoms with E-state index in [9.17, 15) is 17.6 Å². The molecule has 1 atom stereocenters. The maximum absolute atomic E-state index is 13.3. The number of esters is 1. The maximum Gasteiger partial charge on any atom is 0.336 e. The molecule has 1 heterocycles. The van der Waals surface area contributed by atoms with Gasteiger partial charge in [-0.25, -0.2) is 17.6 Å². The molecule has 130 valence electrons. The van der Waals surface area contributed by atoms with Gasteiger partial charge in [-0.1, -0.05) is 35.9 Å². The van der Waals surface area contributed by atoms with Crippen LogP contribution in [0.25, 0.3) is 0 Å². The molecule has 0 aromatic heterocycles. The number of benzene rings is 2. The lowest BCUT2D eigenvalue weighted by molar-refractivity contribution is -0.135. The third kappa shape index (κ3) is 3.67. The summed E-state index contributed by atoms with van der Waals surface area (Å²) in [5.74, 6) is -1.75. The van der Waals surface area contributed by atoms with Crippen molar-refractivity contribution in [3.05, 3.63) is 76.7 Å². The number of rotatable bonds is 4. The van der Waals surface area contributed by atoms with E-state index in [1.165, 1.54) is 30.3 Å². The Hall–Kier alpha value is -2.38. The molecule has 0 saturated carbocycles. The van der Waals surface area contributed by atoms with E-state index in [2.05, 4.69) is 4.72 Å². The fraction of sp³-hybridized carbons (Fsp3) is 0.118. The standard InChI is InChI=1S/C17H13ClFNO4S/c18-15-8-11(6-7-16(15)19)14-10-24-17(21)13(14)9-20-25(22,23)12-4-2-1-3-5-12/h1-9,14,20H,10H2. The summed E-state index contributed by atoms with van der Waals surface area (Å²) >= 11 is 5.77. The van der Waals surface area contributed by atoms with Crippen LogP contribution in [0.1, 0.15) is 11.5 Å². The van der Waals surface area contributed by atoms with E-state index < -0.39 is 27.7 Å². The first kappa shape index (κ1) is 17.4. The molecule has 0 radical (unpaired) electrons. The van der Waals surface area contributed by atoms with Crippen LogP contribution >= 0.6 is 11.6 Å². The van der Waals surface area contributed by atoms with Gasteiger partial charge >= 0.3 is 5.97 Å². The highest BCUT2D eigenvalue weighted by molar-refractivity contribution is 7.89. The van der Waals surface area contributed by atoms with Gasteiger partial charge in [-0.2, -0.15) is 0 Å². The fourth-order valence-electron chi connectivity index (χ4n) is 2.45. The zero-order valence-electron chi connectivity index (χ0n) is 12.8. The Morgan fingerprint density at radius 1 is 1.20 bits per heavy atom. The quantitative estimate of drug-likeness (QED) is 0.652. The van der Waals surface area contributed by atoms with Crippen LogP contribution in [0.4, 0.5) is 4.39 Å². The summed E-state index contributed by atoms with van der Waals surface area (Å²) in [6.07, 6.45) is 1.11. The Balaban J connectivity index is 1.89. The number of nitrogens with one attached hydrogen (secondary N) is 1. The molecule has 1 aliphatic heterocycles. The van der Waals surface area contributed by atoms with Crippen LogP contribution in [0.2, 0.25) is 5.02 Å². The molecule has 0 amide bonds. The summed E-state index contributed by atoms with van der Waals surface area (Å²) in [5, 5.41) is -0.0823. The van der Waals surface area contributed by atoms with E-state index >= 15 is 0 Å². The van der Waals surface area contributed by atoms with Crippen molar-refractivity contribution in [1.82, 2.24) is 4.72 Å². The van der Waals surface area contributed by atoms with Crippen LogP contribution in [-0.2, 0) is 19.6 Å². The largest absolute Gasteiger partial charge is 0.461 e. The highest BCUT2D eigenvalue weighted by Crippen LogP contribution is 2.33. The predicted octanol–water partition coefficient (Wildman–Crippen LogP) is 2.98. The highest BCUT2D eigenvalue weighted by Gasteiger charge is 2.32. The highest BCUT2D eigenvalue weighted by atomic mass is 35.5. The van der Waals surface area contributed by atoms with Crippen molar-refractivity contribution in [2.45, 2.75) is 10.8 Å². The molecule has 1 unspecified atom stereocenters. The minimum Gasteiger partial charge on any atom is -0.461 e. The molecule has 25 heavy (non-hydrogen) atoms. The first-order chi connectivity index (χ1) is 11.9. The summed E-state index contributed by atoms with van der Waals surface area (Å²) in [4.78, 5) is 12.0. The lowest BCUT2D eigenvalue weighted by Gasteiger charge is -2.10. The average Bonchev–Trinajstić information content (AvgIpc) is 2.97. The van der Waals surface area contributed by atoms with Crippen molar-refractivity contribution >= 4 is 27.6 Å². The second-order valence-electron chi connectivity index (χ2n) is 5.36. The van der Waals surface area contributed by atoms with Gasteiger partial charge in [0, 0.05) is 6.20 Å². The smallest absolute Gasteiger partial charge is 0.336 e. The Kier molecular flexibility index (Phi) is 4.78. The number of hydrogen-bond donors (Lipinski definition) is 1. The summed E-state index contributed by atoms with van der Waals surface area (Å²) in [5.41, 5.74) is 0.685. The normalized spacial score (nSPS) is 19.0. The molecule has 0 spiro atoms. The summed E-state index contributed by atoms with van der Waals surface area (Å²) in [6.45, 7) is 0.0275. The van der Waals surface area contributed by atoms with Crippen molar-refractivity contribution in [3.63, 3.8) is 0 Å². The van der Waals surface area contributed by atoms with Crippen LogP contribution < -0.4 is 4.72 Å². The molecule has 2 aromatic carbocycles. The molecule has 5 nitrogen and oxygen atoms in total. The van der Waals surface area contributed by atoms with E-state index in [0.29, 0.717) is 5.56 Å². The van der Waals surface area contributed by atoms with Gasteiger partial charge in [0.25, 0.3) is 10.0 Å². The molecule has 0 bridgehead atoms. The zero-order valence-corrected chi connectivity index (χ0v) is 14.4. The Morgan fingerprint density at radius 3 is 2.60 bits per heavy atom. The Labute approximate surface area is 149 Å². The van der Waals surface area contributed by atoms with Crippen LogP contribution in [0, 0.1) is 5.82 Å². The van der Waals surface area contributed by atoms with E-state index in [1.54, 1.807) is 18.2 Å². The molecule has 1 aliphatic rings. The van der Waals surface area contributed by atoms with E-state index in [1.807, 2.05) is 0 Å². The third-order valence-corrected chi connectivity index (χ3v) is 5.37. The number of halogens is 2. The predicted molar refractivity (Wildman–Crippen MR) is 90.0 cm³/mol. The zero-order chi connectivity index (χ0) is 18.0. The number of ether oxygens (including phenoxy) is 1. The lowest BCUT2D eigenvalue weighted by Crippen LogP contribution is -2.20. The first-order valence-corrected chi connectivity index (χ1v) is 9.14. The van der Waals surface area contributed by atoms with Crippen LogP contribution in [0.15, 0.2) is 65.2 Å². The Morgan fingerprint density at radius 2 is 1.92 bits per heavy atom. The number of carbonyl (C=O) groups excluding carboxylic acids is 1. The molecule has 2 aromatic rings. The van der Waals surface area contributed by atoms with Crippen molar-refractivity contribution in [3.8, 4) is 0 Å². The van der Waals surface area contributed by atoms with Gasteiger partial charge in [0.2, 0.25) is 0 Å². The van der Waals surface area contributed by atoms with E-state index in [0.717, 1.165) is 6.20 Å². The second-order valence-corrected chi connectivity index (χ2v) is 7.48.